The molecule has 1 aromatic rings. The number of amides is 1. The van der Waals surface area contributed by atoms with Crippen molar-refractivity contribution in [2.75, 3.05) is 0 Å². The highest BCUT2D eigenvalue weighted by atomic mass is 16.6. The van der Waals surface area contributed by atoms with Gasteiger partial charge in [0.2, 0.25) is 0 Å². The molecular weight excluding hydrogens is 240 g/mol. The van der Waals surface area contributed by atoms with Crippen LogP contribution in [0.5, 0.6) is 0 Å². The van der Waals surface area contributed by atoms with E-state index in [0.29, 0.717) is 5.56 Å². The summed E-state index contributed by atoms with van der Waals surface area (Å²) < 4.78 is 0. The van der Waals surface area contributed by atoms with E-state index in [-0.39, 0.29) is 11.3 Å². The molecule has 2 N–H and O–H groups in total. The van der Waals surface area contributed by atoms with Crippen molar-refractivity contribution in [3.05, 3.63) is 39.4 Å². The number of rotatable bonds is 4. The van der Waals surface area contributed by atoms with Crippen LogP contribution >= 0.6 is 0 Å². The first-order valence-electron chi connectivity index (χ1n) is 5.11. The van der Waals surface area contributed by atoms with E-state index >= 15 is 0 Å². The van der Waals surface area contributed by atoms with Crippen LogP contribution in [0.25, 0.3) is 0 Å². The van der Waals surface area contributed by atoms with Crippen LogP contribution in [0.3, 0.4) is 0 Å². The Kier molecular flexibility index (Phi) is 3.98. The van der Waals surface area contributed by atoms with E-state index in [2.05, 4.69) is 5.32 Å². The highest BCUT2D eigenvalue weighted by Gasteiger charge is 2.23. The molecule has 0 aliphatic heterocycles. The van der Waals surface area contributed by atoms with E-state index in [1.165, 1.54) is 25.1 Å². The normalized spacial score (nSPS) is 11.7. The number of carboxylic acid groups (broad SMARTS) is 1. The smallest absolute Gasteiger partial charge is 0.325 e. The summed E-state index contributed by atoms with van der Waals surface area (Å²) in [4.78, 5) is 32.4. The van der Waals surface area contributed by atoms with Crippen LogP contribution in [0.15, 0.2) is 18.2 Å². The van der Waals surface area contributed by atoms with Gasteiger partial charge in [-0.15, -0.1) is 0 Å². The average molecular weight is 252 g/mol. The predicted octanol–water partition coefficient (Wildman–Crippen LogP) is 1.11. The molecule has 96 valence electrons. The minimum atomic E-state index is -1.21. The summed E-state index contributed by atoms with van der Waals surface area (Å²) >= 11 is 0. The Morgan fingerprint density at radius 2 is 2.06 bits per heavy atom. The van der Waals surface area contributed by atoms with Gasteiger partial charge in [0.05, 0.1) is 4.92 Å². The second kappa shape index (κ2) is 5.26. The van der Waals surface area contributed by atoms with Gasteiger partial charge in [0.25, 0.3) is 11.6 Å². The van der Waals surface area contributed by atoms with Gasteiger partial charge >= 0.3 is 5.97 Å². The molecular formula is C11H12N2O5. The van der Waals surface area contributed by atoms with Gasteiger partial charge in [0.1, 0.15) is 11.6 Å². The molecule has 1 rings (SSSR count). The van der Waals surface area contributed by atoms with Gasteiger partial charge in [-0.25, -0.2) is 0 Å². The molecule has 0 bridgehead atoms. The number of benzene rings is 1. The van der Waals surface area contributed by atoms with Crippen LogP contribution in [-0.4, -0.2) is 27.9 Å². The zero-order valence-corrected chi connectivity index (χ0v) is 9.84. The topological polar surface area (TPSA) is 110 Å². The molecule has 0 saturated heterocycles. The number of nitrogens with zero attached hydrogens (tertiary/aromatic N) is 1. The van der Waals surface area contributed by atoms with Crippen LogP contribution < -0.4 is 5.32 Å². The second-order valence-electron chi connectivity index (χ2n) is 3.81. The van der Waals surface area contributed by atoms with E-state index < -0.39 is 22.8 Å². The Morgan fingerprint density at radius 3 is 2.56 bits per heavy atom. The first-order valence-corrected chi connectivity index (χ1v) is 5.11. The molecule has 1 unspecified atom stereocenters. The van der Waals surface area contributed by atoms with E-state index in [4.69, 9.17) is 5.11 Å². The van der Waals surface area contributed by atoms with Crippen molar-refractivity contribution >= 4 is 17.6 Å². The van der Waals surface area contributed by atoms with Crippen molar-refractivity contribution in [2.45, 2.75) is 19.9 Å². The summed E-state index contributed by atoms with van der Waals surface area (Å²) in [5.74, 6) is -1.99. The van der Waals surface area contributed by atoms with Crippen molar-refractivity contribution in [2.24, 2.45) is 0 Å². The van der Waals surface area contributed by atoms with Gasteiger partial charge in [0, 0.05) is 6.07 Å². The maximum Gasteiger partial charge on any atom is 0.325 e. The van der Waals surface area contributed by atoms with Crippen molar-refractivity contribution in [1.29, 1.82) is 0 Å². The fraction of sp³-hybridized carbons (Fsp3) is 0.273. The lowest BCUT2D eigenvalue weighted by Crippen LogP contribution is -2.38. The fourth-order valence-corrected chi connectivity index (χ4v) is 1.33. The maximum atomic E-state index is 11.8. The Morgan fingerprint density at radius 1 is 1.44 bits per heavy atom. The number of hydrogen-bond acceptors (Lipinski definition) is 4. The number of carbonyl (C=O) groups is 2. The first-order chi connectivity index (χ1) is 8.32. The number of nitro groups is 1. The van der Waals surface area contributed by atoms with Crippen molar-refractivity contribution < 1.29 is 19.6 Å². The molecule has 7 nitrogen and oxygen atoms in total. The minimum Gasteiger partial charge on any atom is -0.480 e. The summed E-state index contributed by atoms with van der Waals surface area (Å²) in [6, 6.07) is 2.96. The van der Waals surface area contributed by atoms with Crippen LogP contribution in [0.1, 0.15) is 22.8 Å². The quantitative estimate of drug-likeness (QED) is 0.616. The minimum absolute atomic E-state index is 0.145. The fourth-order valence-electron chi connectivity index (χ4n) is 1.33. The molecule has 0 spiro atoms. The second-order valence-corrected chi connectivity index (χ2v) is 3.81. The molecule has 7 heteroatoms. The van der Waals surface area contributed by atoms with Gasteiger partial charge in [0.15, 0.2) is 0 Å². The molecule has 1 atom stereocenters. The lowest BCUT2D eigenvalue weighted by atomic mass is 10.1. The molecule has 0 saturated carbocycles. The standard InChI is InChI=1S/C11H12N2O5/c1-6-3-4-9(13(17)18)8(5-6)10(14)12-7(2)11(15)16/h3-5,7H,1-2H3,(H,12,14)(H,15,16). The monoisotopic (exact) mass is 252 g/mol. The SMILES string of the molecule is Cc1ccc([N+](=O)[O-])c(C(=O)NC(C)C(=O)O)c1. The lowest BCUT2D eigenvalue weighted by molar-refractivity contribution is -0.385. The molecule has 0 aromatic heterocycles. The lowest BCUT2D eigenvalue weighted by Gasteiger charge is -2.09. The molecule has 0 radical (unpaired) electrons. The molecule has 0 aliphatic rings. The number of hydrogen-bond donors (Lipinski definition) is 2. The van der Waals surface area contributed by atoms with Gasteiger partial charge < -0.3 is 10.4 Å². The number of carboxylic acids is 1. The summed E-state index contributed by atoms with van der Waals surface area (Å²) in [5, 5.41) is 21.6. The predicted molar refractivity (Wildman–Crippen MR) is 62.4 cm³/mol. The van der Waals surface area contributed by atoms with Crippen molar-refractivity contribution in [1.82, 2.24) is 5.32 Å². The average Bonchev–Trinajstić information content (AvgIpc) is 2.28. The Labute approximate surface area is 103 Å². The van der Waals surface area contributed by atoms with Crippen LogP contribution in [0, 0.1) is 17.0 Å². The number of aryl methyl sites for hydroxylation is 1. The van der Waals surface area contributed by atoms with Crippen LogP contribution in [-0.2, 0) is 4.79 Å². The third kappa shape index (κ3) is 3.03. The van der Waals surface area contributed by atoms with Crippen molar-refractivity contribution in [3.8, 4) is 0 Å². The number of nitrogens with one attached hydrogen (secondary N) is 1. The molecule has 0 aliphatic carbocycles. The molecule has 1 amide bonds. The van der Waals surface area contributed by atoms with E-state index in [1.54, 1.807) is 6.92 Å². The maximum absolute atomic E-state index is 11.8. The Bertz CT molecular complexity index is 512. The van der Waals surface area contributed by atoms with Gasteiger partial charge in [-0.3, -0.25) is 19.7 Å². The molecule has 0 fully saturated rings. The Hall–Kier alpha value is -2.44. The van der Waals surface area contributed by atoms with Gasteiger partial charge in [-0.1, -0.05) is 6.07 Å². The number of aliphatic carboxylic acids is 1. The number of carbonyl (C=O) groups excluding carboxylic acids is 1. The van der Waals surface area contributed by atoms with Gasteiger partial charge in [-0.05, 0) is 25.5 Å². The highest BCUT2D eigenvalue weighted by Crippen LogP contribution is 2.19. The van der Waals surface area contributed by atoms with E-state index in [9.17, 15) is 19.7 Å². The van der Waals surface area contributed by atoms with Crippen LogP contribution in [0.4, 0.5) is 5.69 Å². The third-order valence-corrected chi connectivity index (χ3v) is 2.31. The first kappa shape index (κ1) is 13.6. The summed E-state index contributed by atoms with van der Waals surface area (Å²) in [6.07, 6.45) is 0. The third-order valence-electron chi connectivity index (χ3n) is 2.31. The zero-order chi connectivity index (χ0) is 13.9. The Balaban J connectivity index is 3.08. The van der Waals surface area contributed by atoms with E-state index in [0.717, 1.165) is 0 Å². The summed E-state index contributed by atoms with van der Waals surface area (Å²) in [6.45, 7) is 2.96. The van der Waals surface area contributed by atoms with Crippen LogP contribution in [0.2, 0.25) is 0 Å². The molecule has 18 heavy (non-hydrogen) atoms. The highest BCUT2D eigenvalue weighted by molar-refractivity contribution is 6.00. The zero-order valence-electron chi connectivity index (χ0n) is 9.84. The van der Waals surface area contributed by atoms with E-state index in [1.807, 2.05) is 0 Å². The number of nitro benzene ring substituents is 1. The van der Waals surface area contributed by atoms with Crippen molar-refractivity contribution in [3.63, 3.8) is 0 Å². The largest absolute Gasteiger partial charge is 0.480 e. The van der Waals surface area contributed by atoms with Gasteiger partial charge in [-0.2, -0.15) is 0 Å². The molecule has 1 aromatic carbocycles. The molecule has 0 heterocycles. The summed E-state index contributed by atoms with van der Waals surface area (Å²) in [7, 11) is 0. The summed E-state index contributed by atoms with van der Waals surface area (Å²) in [5.41, 5.74) is 0.178.